The molecule has 6 nitrogen and oxygen atoms in total. The number of esters is 1. The smallest absolute Gasteiger partial charge is 0.505 e. The van der Waals surface area contributed by atoms with Crippen LogP contribution in [0.5, 0.6) is 0 Å². The Hall–Kier alpha value is -0.530. The molecule has 1 heterocycles. The SMILES string of the molecule is O=C1O[C@H]([C@H](O)CO)C(O)=C1O.[Ag+]. The van der Waals surface area contributed by atoms with Crippen molar-refractivity contribution in [2.24, 2.45) is 0 Å². The van der Waals surface area contributed by atoms with Crippen LogP contribution in [0.1, 0.15) is 0 Å². The predicted molar refractivity (Wildman–Crippen MR) is 35.3 cm³/mol. The minimum Gasteiger partial charge on any atom is -0.505 e. The largest absolute Gasteiger partial charge is 1.00 e. The standard InChI is InChI=1S/C6H8O6.Ag/c7-1-2(8)5-3(9)4(10)6(11)12-5;/h2,5,7-10H,1H2;/q;+1/t2-,5-;/m1./s1. The molecule has 0 aromatic carbocycles. The van der Waals surface area contributed by atoms with E-state index in [1.54, 1.807) is 0 Å². The van der Waals surface area contributed by atoms with Gasteiger partial charge in [0.15, 0.2) is 11.9 Å². The number of aliphatic hydroxyl groups is 4. The number of rotatable bonds is 2. The van der Waals surface area contributed by atoms with Gasteiger partial charge in [-0.25, -0.2) is 4.79 Å². The molecule has 1 aliphatic rings. The first kappa shape index (κ1) is 12.5. The van der Waals surface area contributed by atoms with Crippen LogP contribution in [-0.4, -0.2) is 45.2 Å². The molecule has 7 heteroatoms. The summed E-state index contributed by atoms with van der Waals surface area (Å²) in [5.41, 5.74) is 0. The van der Waals surface area contributed by atoms with Crippen molar-refractivity contribution in [2.45, 2.75) is 12.2 Å². The third kappa shape index (κ3) is 2.23. The summed E-state index contributed by atoms with van der Waals surface area (Å²) in [5, 5.41) is 35.0. The average molecular weight is 284 g/mol. The Kier molecular flexibility index (Phi) is 4.45. The van der Waals surface area contributed by atoms with Gasteiger partial charge in [-0.1, -0.05) is 0 Å². The molecule has 0 amide bonds. The molecule has 13 heavy (non-hydrogen) atoms. The van der Waals surface area contributed by atoms with E-state index in [1.807, 2.05) is 0 Å². The van der Waals surface area contributed by atoms with Crippen LogP contribution in [0.2, 0.25) is 0 Å². The van der Waals surface area contributed by atoms with Crippen LogP contribution in [0, 0.1) is 0 Å². The first-order valence-electron chi connectivity index (χ1n) is 3.20. The molecule has 0 aromatic heterocycles. The van der Waals surface area contributed by atoms with E-state index in [0.717, 1.165) is 0 Å². The van der Waals surface area contributed by atoms with Crippen molar-refractivity contribution < 1.29 is 52.3 Å². The fourth-order valence-electron chi connectivity index (χ4n) is 0.823. The monoisotopic (exact) mass is 283 g/mol. The molecule has 2 atom stereocenters. The van der Waals surface area contributed by atoms with Gasteiger partial charge in [-0.3, -0.25) is 0 Å². The molecule has 4 N–H and O–H groups in total. The number of carbonyl (C=O) groups excluding carboxylic acids is 1. The molecular weight excluding hydrogens is 276 g/mol. The zero-order valence-corrected chi connectivity index (χ0v) is 7.75. The number of hydrogen-bond acceptors (Lipinski definition) is 6. The maximum atomic E-state index is 10.5. The van der Waals surface area contributed by atoms with Gasteiger partial charge in [-0.2, -0.15) is 0 Å². The summed E-state index contributed by atoms with van der Waals surface area (Å²) in [6.45, 7) is -0.671. The van der Waals surface area contributed by atoms with Gasteiger partial charge in [0.2, 0.25) is 5.76 Å². The van der Waals surface area contributed by atoms with Crippen molar-refractivity contribution in [3.8, 4) is 0 Å². The average Bonchev–Trinajstić information content (AvgIpc) is 2.32. The summed E-state index contributed by atoms with van der Waals surface area (Å²) in [6, 6.07) is 0. The Morgan fingerprint density at radius 3 is 2.31 bits per heavy atom. The van der Waals surface area contributed by atoms with Crippen molar-refractivity contribution in [1.82, 2.24) is 0 Å². The van der Waals surface area contributed by atoms with Crippen LogP contribution >= 0.6 is 0 Å². The first-order valence-corrected chi connectivity index (χ1v) is 3.20. The summed E-state index contributed by atoms with van der Waals surface area (Å²) >= 11 is 0. The third-order valence-electron chi connectivity index (χ3n) is 1.48. The molecule has 0 fully saturated rings. The molecule has 1 rings (SSSR count). The molecule has 0 radical (unpaired) electrons. The minimum atomic E-state index is -1.42. The van der Waals surface area contributed by atoms with Crippen molar-refractivity contribution in [3.05, 3.63) is 11.5 Å². The van der Waals surface area contributed by atoms with Gasteiger partial charge in [-0.05, 0) is 0 Å². The van der Waals surface area contributed by atoms with E-state index >= 15 is 0 Å². The van der Waals surface area contributed by atoms with Gasteiger partial charge < -0.3 is 25.2 Å². The first-order chi connectivity index (χ1) is 5.57. The van der Waals surface area contributed by atoms with Crippen molar-refractivity contribution in [3.63, 3.8) is 0 Å². The Morgan fingerprint density at radius 1 is 1.46 bits per heavy atom. The van der Waals surface area contributed by atoms with Crippen LogP contribution < -0.4 is 0 Å². The third-order valence-corrected chi connectivity index (χ3v) is 1.48. The summed E-state index contributed by atoms with van der Waals surface area (Å²) in [6.07, 6.45) is -2.78. The zero-order valence-electron chi connectivity index (χ0n) is 6.27. The molecule has 0 saturated carbocycles. The van der Waals surface area contributed by atoms with E-state index in [-0.39, 0.29) is 22.4 Å². The van der Waals surface area contributed by atoms with E-state index in [9.17, 15) is 4.79 Å². The quantitative estimate of drug-likeness (QED) is 0.366. The van der Waals surface area contributed by atoms with Crippen LogP contribution in [0.3, 0.4) is 0 Å². The van der Waals surface area contributed by atoms with Gasteiger partial charge >= 0.3 is 28.3 Å². The Bertz CT molecular complexity index is 237. The number of hydrogen-bond donors (Lipinski definition) is 4. The number of cyclic esters (lactones) is 1. The summed E-state index contributed by atoms with van der Waals surface area (Å²) in [7, 11) is 0. The van der Waals surface area contributed by atoms with Gasteiger partial charge in [0.05, 0.1) is 6.61 Å². The van der Waals surface area contributed by atoms with Crippen LogP contribution in [0.25, 0.3) is 0 Å². The molecule has 0 saturated heterocycles. The molecule has 0 aromatic rings. The molecule has 0 spiro atoms. The second-order valence-electron chi connectivity index (χ2n) is 2.31. The maximum Gasteiger partial charge on any atom is 1.00 e. The van der Waals surface area contributed by atoms with E-state index in [1.165, 1.54) is 0 Å². The number of aliphatic hydroxyl groups excluding tert-OH is 4. The number of carbonyl (C=O) groups is 1. The fourth-order valence-corrected chi connectivity index (χ4v) is 0.823. The van der Waals surface area contributed by atoms with Crippen LogP contribution in [0.15, 0.2) is 11.5 Å². The Labute approximate surface area is 89.0 Å². The summed E-state index contributed by atoms with van der Waals surface area (Å²) in [4.78, 5) is 10.5. The minimum absolute atomic E-state index is 0. The normalized spacial score (nSPS) is 23.8. The van der Waals surface area contributed by atoms with E-state index in [2.05, 4.69) is 4.74 Å². The van der Waals surface area contributed by atoms with Crippen LogP contribution in [-0.2, 0) is 31.9 Å². The molecule has 78 valence electrons. The molecule has 0 aliphatic carbocycles. The van der Waals surface area contributed by atoms with Gasteiger partial charge in [0.25, 0.3) is 0 Å². The number of ether oxygens (including phenoxy) is 1. The van der Waals surface area contributed by atoms with E-state index < -0.39 is 36.3 Å². The van der Waals surface area contributed by atoms with Crippen molar-refractivity contribution >= 4 is 5.97 Å². The van der Waals surface area contributed by atoms with Crippen molar-refractivity contribution in [2.75, 3.05) is 6.61 Å². The van der Waals surface area contributed by atoms with E-state index in [4.69, 9.17) is 20.4 Å². The molecular formula is C6H8AgO6+. The zero-order chi connectivity index (χ0) is 9.30. The molecule has 0 unspecified atom stereocenters. The van der Waals surface area contributed by atoms with Crippen LogP contribution in [0.4, 0.5) is 0 Å². The van der Waals surface area contributed by atoms with Crippen molar-refractivity contribution in [1.29, 1.82) is 0 Å². The molecule has 0 bridgehead atoms. The summed E-state index contributed by atoms with van der Waals surface area (Å²) < 4.78 is 4.32. The second kappa shape index (κ2) is 4.64. The predicted octanol–water partition coefficient (Wildman–Crippen LogP) is -1.41. The maximum absolute atomic E-state index is 10.5. The summed E-state index contributed by atoms with van der Waals surface area (Å²) in [5.74, 6) is -2.78. The van der Waals surface area contributed by atoms with E-state index in [0.29, 0.717) is 0 Å². The second-order valence-corrected chi connectivity index (χ2v) is 2.31. The Morgan fingerprint density at radius 2 is 2.00 bits per heavy atom. The topological polar surface area (TPSA) is 107 Å². The Balaban J connectivity index is 0.00000144. The molecule has 1 aliphatic heterocycles. The van der Waals surface area contributed by atoms with Gasteiger partial charge in [-0.15, -0.1) is 0 Å². The fraction of sp³-hybridized carbons (Fsp3) is 0.500. The van der Waals surface area contributed by atoms with Gasteiger partial charge in [0.1, 0.15) is 6.10 Å². The van der Waals surface area contributed by atoms with Gasteiger partial charge in [0, 0.05) is 0 Å².